The number of hydrogen-bond donors (Lipinski definition) is 2. The van der Waals surface area contributed by atoms with Gasteiger partial charge in [0, 0.05) is 11.1 Å². The molecule has 26 heavy (non-hydrogen) atoms. The zero-order chi connectivity index (χ0) is 18.6. The van der Waals surface area contributed by atoms with Gasteiger partial charge < -0.3 is 10.1 Å². The van der Waals surface area contributed by atoms with Gasteiger partial charge in [-0.1, -0.05) is 73.0 Å². The van der Waals surface area contributed by atoms with Crippen LogP contribution in [0.4, 0.5) is 0 Å². The molecular formula is C21H25N3OS. The third-order valence-electron chi connectivity index (χ3n) is 4.49. The van der Waals surface area contributed by atoms with Crippen molar-refractivity contribution in [1.29, 1.82) is 0 Å². The molecule has 0 spiro atoms. The highest BCUT2D eigenvalue weighted by Crippen LogP contribution is 2.31. The van der Waals surface area contributed by atoms with Crippen LogP contribution in [0.1, 0.15) is 42.0 Å². The summed E-state index contributed by atoms with van der Waals surface area (Å²) in [6.07, 6.45) is 2.03. The number of hydrazone groups is 1. The van der Waals surface area contributed by atoms with E-state index in [1.807, 2.05) is 0 Å². The van der Waals surface area contributed by atoms with Crippen LogP contribution in [0.25, 0.3) is 0 Å². The highest BCUT2D eigenvalue weighted by Gasteiger charge is 2.43. The van der Waals surface area contributed by atoms with E-state index >= 15 is 0 Å². The maximum atomic E-state index is 6.44. The van der Waals surface area contributed by atoms with Gasteiger partial charge in [0.25, 0.3) is 0 Å². The van der Waals surface area contributed by atoms with Crippen molar-refractivity contribution in [3.05, 3.63) is 70.8 Å². The second-order valence-electron chi connectivity index (χ2n) is 6.64. The van der Waals surface area contributed by atoms with Crippen molar-refractivity contribution in [3.8, 4) is 0 Å². The number of ether oxygens (including phenoxy) is 1. The van der Waals surface area contributed by atoms with Gasteiger partial charge in [0.05, 0.1) is 6.61 Å². The molecule has 1 atom stereocenters. The molecule has 3 rings (SSSR count). The number of unbranched alkanes of at least 4 members (excludes halogenated alkanes) is 1. The zero-order valence-electron chi connectivity index (χ0n) is 15.5. The average Bonchev–Trinajstić information content (AvgIpc) is 2.63. The number of rotatable bonds is 6. The van der Waals surface area contributed by atoms with E-state index in [9.17, 15) is 0 Å². The van der Waals surface area contributed by atoms with Crippen LogP contribution in [0, 0.1) is 13.8 Å². The first kappa shape index (κ1) is 18.5. The van der Waals surface area contributed by atoms with E-state index in [1.165, 1.54) is 11.1 Å². The quantitative estimate of drug-likeness (QED) is 0.595. The molecule has 0 saturated carbocycles. The summed E-state index contributed by atoms with van der Waals surface area (Å²) in [4.78, 5) is 0. The van der Waals surface area contributed by atoms with Crippen LogP contribution in [0.15, 0.2) is 53.6 Å². The lowest BCUT2D eigenvalue weighted by Crippen LogP contribution is -2.60. The van der Waals surface area contributed by atoms with Crippen molar-refractivity contribution >= 4 is 23.0 Å². The molecular weight excluding hydrogens is 342 g/mol. The molecule has 1 aliphatic heterocycles. The molecule has 0 aliphatic carbocycles. The molecule has 0 aromatic heterocycles. The Morgan fingerprint density at radius 3 is 2.23 bits per heavy atom. The smallest absolute Gasteiger partial charge is 0.212 e. The maximum absolute atomic E-state index is 6.44. The third kappa shape index (κ3) is 3.79. The van der Waals surface area contributed by atoms with Crippen molar-refractivity contribution < 1.29 is 4.74 Å². The maximum Gasteiger partial charge on any atom is 0.212 e. The molecule has 1 heterocycles. The van der Waals surface area contributed by atoms with Crippen molar-refractivity contribution in [2.24, 2.45) is 5.10 Å². The van der Waals surface area contributed by atoms with Crippen LogP contribution in [0.3, 0.4) is 0 Å². The van der Waals surface area contributed by atoms with E-state index in [0.29, 0.717) is 11.7 Å². The molecule has 136 valence electrons. The fourth-order valence-corrected chi connectivity index (χ4v) is 3.16. The summed E-state index contributed by atoms with van der Waals surface area (Å²) in [6.45, 7) is 6.91. The number of thiocarbonyl (C=S) groups is 1. The monoisotopic (exact) mass is 367 g/mol. The fourth-order valence-electron chi connectivity index (χ4n) is 2.97. The summed E-state index contributed by atoms with van der Waals surface area (Å²) in [5.74, 6) is 0. The summed E-state index contributed by atoms with van der Waals surface area (Å²) in [5, 5.41) is 8.39. The molecule has 2 aromatic carbocycles. The zero-order valence-corrected chi connectivity index (χ0v) is 16.3. The highest BCUT2D eigenvalue weighted by atomic mass is 32.1. The minimum Gasteiger partial charge on any atom is -0.346 e. The van der Waals surface area contributed by atoms with Crippen LogP contribution < -0.4 is 10.7 Å². The van der Waals surface area contributed by atoms with E-state index < -0.39 is 5.72 Å². The first-order valence-corrected chi connectivity index (χ1v) is 9.40. The Morgan fingerprint density at radius 1 is 1.00 bits per heavy atom. The number of nitrogens with one attached hydrogen (secondary N) is 2. The Hall–Kier alpha value is -2.24. The lowest BCUT2D eigenvalue weighted by molar-refractivity contribution is -0.0112. The lowest BCUT2D eigenvalue weighted by Gasteiger charge is -2.39. The summed E-state index contributed by atoms with van der Waals surface area (Å²) in [6, 6.07) is 16.6. The van der Waals surface area contributed by atoms with Gasteiger partial charge in [-0.3, -0.25) is 5.43 Å². The third-order valence-corrected chi connectivity index (χ3v) is 4.69. The second kappa shape index (κ2) is 7.98. The Kier molecular flexibility index (Phi) is 5.69. The van der Waals surface area contributed by atoms with E-state index in [4.69, 9.17) is 17.0 Å². The van der Waals surface area contributed by atoms with Gasteiger partial charge in [-0.15, -0.1) is 0 Å². The minimum atomic E-state index is -0.902. The Morgan fingerprint density at radius 2 is 1.62 bits per heavy atom. The number of nitrogens with zero attached hydrogens (tertiary/aromatic N) is 1. The highest BCUT2D eigenvalue weighted by molar-refractivity contribution is 7.80. The molecule has 0 bridgehead atoms. The van der Waals surface area contributed by atoms with E-state index in [0.717, 1.165) is 29.7 Å². The van der Waals surface area contributed by atoms with Crippen LogP contribution >= 0.6 is 12.2 Å². The van der Waals surface area contributed by atoms with Gasteiger partial charge in [-0.05, 0) is 32.5 Å². The van der Waals surface area contributed by atoms with Crippen molar-refractivity contribution in [2.75, 3.05) is 6.61 Å². The summed E-state index contributed by atoms with van der Waals surface area (Å²) < 4.78 is 6.44. The van der Waals surface area contributed by atoms with Crippen molar-refractivity contribution in [3.63, 3.8) is 0 Å². The summed E-state index contributed by atoms with van der Waals surface area (Å²) >= 11 is 5.37. The summed E-state index contributed by atoms with van der Waals surface area (Å²) in [5.41, 5.74) is 7.16. The Balaban J connectivity index is 2.11. The lowest BCUT2D eigenvalue weighted by atomic mass is 9.91. The predicted molar refractivity (Wildman–Crippen MR) is 110 cm³/mol. The fraction of sp³-hybridized carbons (Fsp3) is 0.333. The molecule has 2 N–H and O–H groups in total. The molecule has 2 aromatic rings. The topological polar surface area (TPSA) is 45.6 Å². The van der Waals surface area contributed by atoms with Crippen molar-refractivity contribution in [2.45, 2.75) is 39.3 Å². The largest absolute Gasteiger partial charge is 0.346 e. The van der Waals surface area contributed by atoms with E-state index in [1.54, 1.807) is 0 Å². The average molecular weight is 368 g/mol. The SMILES string of the molecule is CCCCO[C@]1(c2ccc(C)cc2)NC(=S)NN=C1c1ccc(C)cc1. The number of benzene rings is 2. The van der Waals surface area contributed by atoms with Crippen LogP contribution in [0.5, 0.6) is 0 Å². The number of aryl methyl sites for hydroxylation is 2. The molecule has 4 nitrogen and oxygen atoms in total. The first-order chi connectivity index (χ1) is 12.5. The van der Waals surface area contributed by atoms with Crippen molar-refractivity contribution in [1.82, 2.24) is 10.7 Å². The molecule has 5 heteroatoms. The van der Waals surface area contributed by atoms with Gasteiger partial charge >= 0.3 is 0 Å². The first-order valence-electron chi connectivity index (χ1n) is 8.99. The molecule has 1 aliphatic rings. The van der Waals surface area contributed by atoms with E-state index in [2.05, 4.69) is 85.1 Å². The molecule has 0 saturated heterocycles. The van der Waals surface area contributed by atoms with Crippen LogP contribution in [-0.4, -0.2) is 17.4 Å². The Bertz CT molecular complexity index is 799. The van der Waals surface area contributed by atoms with Gasteiger partial charge in [0.1, 0.15) is 5.71 Å². The number of hydrogen-bond acceptors (Lipinski definition) is 3. The van der Waals surface area contributed by atoms with Gasteiger partial charge in [0.15, 0.2) is 5.11 Å². The molecule has 0 radical (unpaired) electrons. The molecule has 0 amide bonds. The predicted octanol–water partition coefficient (Wildman–Crippen LogP) is 4.15. The standard InChI is InChI=1S/C21H25N3OS/c1-4-5-14-25-21(18-12-8-16(3)9-13-18)19(23-24-20(26)22-21)17-10-6-15(2)7-11-17/h6-13H,4-5,14H2,1-3H3,(H2,22,24,26)/t21-/m0/s1. The minimum absolute atomic E-state index is 0.456. The summed E-state index contributed by atoms with van der Waals surface area (Å²) in [7, 11) is 0. The normalized spacial score (nSPS) is 19.5. The Labute approximate surface area is 160 Å². The van der Waals surface area contributed by atoms with E-state index in [-0.39, 0.29) is 0 Å². The van der Waals surface area contributed by atoms with Gasteiger partial charge in [-0.2, -0.15) is 5.10 Å². The molecule has 0 unspecified atom stereocenters. The van der Waals surface area contributed by atoms with Crippen LogP contribution in [-0.2, 0) is 10.5 Å². The molecule has 0 fully saturated rings. The van der Waals surface area contributed by atoms with Crippen LogP contribution in [0.2, 0.25) is 0 Å². The second-order valence-corrected chi connectivity index (χ2v) is 7.05. The van der Waals surface area contributed by atoms with Gasteiger partial charge in [0.2, 0.25) is 5.72 Å². The van der Waals surface area contributed by atoms with Gasteiger partial charge in [-0.25, -0.2) is 0 Å².